The maximum Gasteiger partial charge on any atom is 0.417 e. The Kier molecular flexibility index (Phi) is 2.65. The van der Waals surface area contributed by atoms with Crippen molar-refractivity contribution in [3.8, 4) is 0 Å². The molecule has 1 heterocycles. The third-order valence-corrected chi connectivity index (χ3v) is 1.78. The Hall–Kier alpha value is -1.10. The lowest BCUT2D eigenvalue weighted by molar-refractivity contribution is -0.126. The molecule has 0 aromatic carbocycles. The molecular weight excluding hydrogens is 160 g/mol. The van der Waals surface area contributed by atoms with E-state index in [1.165, 1.54) is 0 Å². The second kappa shape index (κ2) is 3.53. The van der Waals surface area contributed by atoms with Crippen molar-refractivity contribution in [1.29, 1.82) is 0 Å². The first-order valence-electron chi connectivity index (χ1n) is 3.87. The summed E-state index contributed by atoms with van der Waals surface area (Å²) in [6.45, 7) is 2.01. The minimum absolute atomic E-state index is 0.144. The zero-order chi connectivity index (χ0) is 9.14. The second-order valence-electron chi connectivity index (χ2n) is 2.73. The number of rotatable bonds is 3. The molecule has 0 spiro atoms. The number of hydrogen-bond acceptors (Lipinski definition) is 4. The van der Waals surface area contributed by atoms with Crippen LogP contribution in [0.15, 0.2) is 0 Å². The molecule has 1 rings (SSSR count). The molecule has 2 N–H and O–H groups in total. The highest BCUT2D eigenvalue weighted by molar-refractivity contribution is 5.97. The molecule has 0 aliphatic carbocycles. The van der Waals surface area contributed by atoms with Gasteiger partial charge in [-0.15, -0.1) is 0 Å². The zero-order valence-electron chi connectivity index (χ0n) is 6.95. The van der Waals surface area contributed by atoms with Crippen molar-refractivity contribution in [2.45, 2.75) is 19.4 Å². The third kappa shape index (κ3) is 1.73. The second-order valence-corrected chi connectivity index (χ2v) is 2.73. The molecule has 2 amide bonds. The van der Waals surface area contributed by atoms with E-state index < -0.39 is 6.09 Å². The number of hydrogen-bond donors (Lipinski definition) is 1. The summed E-state index contributed by atoms with van der Waals surface area (Å²) in [5.74, 6) is -0.302. The molecule has 0 aromatic heterocycles. The van der Waals surface area contributed by atoms with Gasteiger partial charge in [-0.25, -0.2) is 9.69 Å². The van der Waals surface area contributed by atoms with E-state index in [0.29, 0.717) is 0 Å². The molecule has 1 saturated heterocycles. The van der Waals surface area contributed by atoms with Crippen LogP contribution in [0.1, 0.15) is 13.3 Å². The highest BCUT2D eigenvalue weighted by atomic mass is 16.6. The average molecular weight is 172 g/mol. The molecule has 68 valence electrons. The van der Waals surface area contributed by atoms with Crippen LogP contribution >= 0.6 is 0 Å². The molecule has 1 fully saturated rings. The van der Waals surface area contributed by atoms with E-state index in [0.717, 1.165) is 11.3 Å². The van der Waals surface area contributed by atoms with Gasteiger partial charge in [0.15, 0.2) is 6.61 Å². The minimum atomic E-state index is -0.580. The lowest BCUT2D eigenvalue weighted by Gasteiger charge is -2.14. The van der Waals surface area contributed by atoms with Crippen molar-refractivity contribution in [1.82, 2.24) is 4.90 Å². The van der Waals surface area contributed by atoms with Crippen LogP contribution in [0.25, 0.3) is 0 Å². The first kappa shape index (κ1) is 8.99. The summed E-state index contributed by atoms with van der Waals surface area (Å²) in [5.41, 5.74) is 5.58. The van der Waals surface area contributed by atoms with Crippen LogP contribution in [0.5, 0.6) is 0 Å². The van der Waals surface area contributed by atoms with Crippen molar-refractivity contribution in [3.05, 3.63) is 0 Å². The Morgan fingerprint density at radius 1 is 1.67 bits per heavy atom. The molecule has 0 aromatic rings. The van der Waals surface area contributed by atoms with Crippen LogP contribution in [-0.2, 0) is 9.53 Å². The summed E-state index contributed by atoms with van der Waals surface area (Å²) in [7, 11) is 0. The average Bonchev–Trinajstić information content (AvgIpc) is 2.35. The number of nitrogens with two attached hydrogens (primary N) is 1. The Morgan fingerprint density at radius 3 is 2.75 bits per heavy atom. The van der Waals surface area contributed by atoms with Gasteiger partial charge in [0.05, 0.1) is 0 Å². The number of ether oxygens (including phenoxy) is 1. The molecule has 5 heteroatoms. The van der Waals surface area contributed by atoms with Crippen molar-refractivity contribution in [2.24, 2.45) is 5.73 Å². The molecule has 0 bridgehead atoms. The van der Waals surface area contributed by atoms with Gasteiger partial charge in [-0.3, -0.25) is 4.79 Å². The molecule has 1 aliphatic rings. The van der Waals surface area contributed by atoms with Gasteiger partial charge in [0, 0.05) is 12.6 Å². The fraction of sp³-hybridized carbons (Fsp3) is 0.714. The van der Waals surface area contributed by atoms with E-state index >= 15 is 0 Å². The quantitative estimate of drug-likeness (QED) is 0.634. The van der Waals surface area contributed by atoms with Gasteiger partial charge in [0.2, 0.25) is 0 Å². The van der Waals surface area contributed by atoms with Crippen molar-refractivity contribution >= 4 is 12.0 Å². The highest BCUT2D eigenvalue weighted by Gasteiger charge is 2.31. The SMILES string of the molecule is CCC(N)CN1C(=O)COC1=O. The summed E-state index contributed by atoms with van der Waals surface area (Å²) < 4.78 is 4.51. The summed E-state index contributed by atoms with van der Waals surface area (Å²) in [6, 6.07) is -0.153. The van der Waals surface area contributed by atoms with E-state index in [-0.39, 0.29) is 25.1 Å². The first-order chi connectivity index (χ1) is 5.65. The molecule has 12 heavy (non-hydrogen) atoms. The van der Waals surface area contributed by atoms with Crippen LogP contribution < -0.4 is 5.73 Å². The van der Waals surface area contributed by atoms with E-state index in [1.54, 1.807) is 0 Å². The van der Waals surface area contributed by atoms with Gasteiger partial charge in [-0.1, -0.05) is 6.92 Å². The van der Waals surface area contributed by atoms with Crippen molar-refractivity contribution in [2.75, 3.05) is 13.2 Å². The monoisotopic (exact) mass is 172 g/mol. The Morgan fingerprint density at radius 2 is 2.33 bits per heavy atom. The maximum atomic E-state index is 11.0. The molecular formula is C7H12N2O3. The maximum absolute atomic E-state index is 11.0. The number of carbonyl (C=O) groups excluding carboxylic acids is 2. The van der Waals surface area contributed by atoms with Crippen molar-refractivity contribution < 1.29 is 14.3 Å². The van der Waals surface area contributed by atoms with Gasteiger partial charge >= 0.3 is 6.09 Å². The predicted molar refractivity (Wildman–Crippen MR) is 41.3 cm³/mol. The fourth-order valence-electron chi connectivity index (χ4n) is 0.921. The molecule has 5 nitrogen and oxygen atoms in total. The van der Waals surface area contributed by atoms with Gasteiger partial charge in [-0.2, -0.15) is 0 Å². The normalized spacial score (nSPS) is 19.7. The number of cyclic esters (lactones) is 1. The zero-order valence-corrected chi connectivity index (χ0v) is 6.95. The Bertz CT molecular complexity index is 189. The Balaban J connectivity index is 2.50. The Labute approximate surface area is 70.5 Å². The lowest BCUT2D eigenvalue weighted by Crippen LogP contribution is -2.40. The van der Waals surface area contributed by atoms with Gasteiger partial charge in [0.1, 0.15) is 0 Å². The number of amides is 2. The van der Waals surface area contributed by atoms with Crippen LogP contribution in [0.3, 0.4) is 0 Å². The lowest BCUT2D eigenvalue weighted by atomic mass is 10.2. The largest absolute Gasteiger partial charge is 0.439 e. The fourth-order valence-corrected chi connectivity index (χ4v) is 0.921. The molecule has 1 atom stereocenters. The van der Waals surface area contributed by atoms with E-state index in [1.807, 2.05) is 6.92 Å². The summed E-state index contributed by atoms with van der Waals surface area (Å²) in [4.78, 5) is 22.9. The van der Waals surface area contributed by atoms with Gasteiger partial charge in [-0.05, 0) is 6.42 Å². The first-order valence-corrected chi connectivity index (χ1v) is 3.87. The topological polar surface area (TPSA) is 72.6 Å². The summed E-state index contributed by atoms with van der Waals surface area (Å²) >= 11 is 0. The van der Waals surface area contributed by atoms with E-state index in [2.05, 4.69) is 4.74 Å². The van der Waals surface area contributed by atoms with Crippen LogP contribution in [0, 0.1) is 0 Å². The predicted octanol–water partition coefficient (Wildman–Crippen LogP) is -0.297. The number of imide groups is 1. The summed E-state index contributed by atoms with van der Waals surface area (Å²) in [6.07, 6.45) is 0.153. The van der Waals surface area contributed by atoms with E-state index in [4.69, 9.17) is 5.73 Å². The molecule has 1 unspecified atom stereocenters. The van der Waals surface area contributed by atoms with Gasteiger partial charge in [0.25, 0.3) is 5.91 Å². The minimum Gasteiger partial charge on any atom is -0.439 e. The third-order valence-electron chi connectivity index (χ3n) is 1.78. The van der Waals surface area contributed by atoms with Gasteiger partial charge < -0.3 is 10.5 Å². The molecule has 1 aliphatic heterocycles. The standard InChI is InChI=1S/C7H12N2O3/c1-2-5(8)3-9-6(10)4-12-7(9)11/h5H,2-4,8H2,1H3. The molecule has 0 radical (unpaired) electrons. The number of nitrogens with zero attached hydrogens (tertiary/aromatic N) is 1. The molecule has 0 saturated carbocycles. The van der Waals surface area contributed by atoms with Crippen LogP contribution in [0.4, 0.5) is 4.79 Å². The summed E-state index contributed by atoms with van der Waals surface area (Å²) in [5, 5.41) is 0. The van der Waals surface area contributed by atoms with Crippen molar-refractivity contribution in [3.63, 3.8) is 0 Å². The number of carbonyl (C=O) groups is 2. The highest BCUT2D eigenvalue weighted by Crippen LogP contribution is 2.05. The van der Waals surface area contributed by atoms with E-state index in [9.17, 15) is 9.59 Å². The van der Waals surface area contributed by atoms with Crippen LogP contribution in [-0.4, -0.2) is 36.1 Å². The smallest absolute Gasteiger partial charge is 0.417 e. The van der Waals surface area contributed by atoms with Crippen LogP contribution in [0.2, 0.25) is 0 Å².